The third-order valence-electron chi connectivity index (χ3n) is 8.59. The van der Waals surface area contributed by atoms with Crippen LogP contribution >= 0.6 is 15.9 Å². The van der Waals surface area contributed by atoms with E-state index in [1.807, 2.05) is 36.4 Å². The normalized spacial score (nSPS) is 17.0. The average molecular weight is 660 g/mol. The first-order valence-corrected chi connectivity index (χ1v) is 15.0. The van der Waals surface area contributed by atoms with E-state index in [4.69, 9.17) is 10.5 Å². The number of para-hydroxylation sites is 2. The molecule has 2 unspecified atom stereocenters. The number of hydrogen-bond acceptors (Lipinski definition) is 6. The van der Waals surface area contributed by atoms with Crippen molar-refractivity contribution in [2.75, 3.05) is 30.5 Å². The summed E-state index contributed by atoms with van der Waals surface area (Å²) in [5.41, 5.74) is 7.27. The van der Waals surface area contributed by atoms with E-state index in [0.29, 0.717) is 28.3 Å². The van der Waals surface area contributed by atoms with Gasteiger partial charge in [0.25, 0.3) is 5.91 Å². The van der Waals surface area contributed by atoms with Crippen LogP contribution in [0.25, 0.3) is 10.8 Å². The summed E-state index contributed by atoms with van der Waals surface area (Å²) in [5, 5.41) is 14.8. The van der Waals surface area contributed by atoms with E-state index < -0.39 is 23.5 Å². The van der Waals surface area contributed by atoms with Crippen LogP contribution in [0.2, 0.25) is 0 Å². The van der Waals surface area contributed by atoms with Crippen LogP contribution in [0.3, 0.4) is 0 Å². The molecule has 10 heteroatoms. The summed E-state index contributed by atoms with van der Waals surface area (Å²) in [6, 6.07) is 23.6. The van der Waals surface area contributed by atoms with Crippen LogP contribution in [0, 0.1) is 5.92 Å². The van der Waals surface area contributed by atoms with Crippen LogP contribution in [0.4, 0.5) is 11.4 Å². The van der Waals surface area contributed by atoms with Gasteiger partial charge in [0.1, 0.15) is 11.3 Å². The minimum atomic E-state index is -1.49. The number of benzene rings is 4. The lowest BCUT2D eigenvalue weighted by Crippen LogP contribution is -2.63. The number of methoxy groups -OCH3 is 1. The van der Waals surface area contributed by atoms with Crippen molar-refractivity contribution in [2.45, 2.75) is 32.0 Å². The Kier molecular flexibility index (Phi) is 8.78. The van der Waals surface area contributed by atoms with Crippen LogP contribution in [0.5, 0.6) is 5.75 Å². The molecule has 1 heterocycles. The van der Waals surface area contributed by atoms with Gasteiger partial charge in [0.05, 0.1) is 37.1 Å². The van der Waals surface area contributed by atoms with Crippen LogP contribution in [-0.2, 0) is 16.1 Å². The highest BCUT2D eigenvalue weighted by Gasteiger charge is 2.49. The van der Waals surface area contributed by atoms with E-state index in [2.05, 4.69) is 21.2 Å². The summed E-state index contributed by atoms with van der Waals surface area (Å²) in [5.74, 6) is -1.89. The SMILES string of the molecule is CNC(C)(C(N)=O)[C@@H]1CN(C(=O)c2ccc(C(C)O)cc2)c2ccccc2N(Cc2c(OC)ccc3cc(Br)ccc23)C1=O. The average Bonchev–Trinajstić information content (AvgIpc) is 3.14. The van der Waals surface area contributed by atoms with E-state index in [-0.39, 0.29) is 24.9 Å². The summed E-state index contributed by atoms with van der Waals surface area (Å²) in [6.45, 7) is 3.24. The number of aliphatic hydroxyl groups excluding tert-OH is 1. The second-order valence-electron chi connectivity index (χ2n) is 11.1. The first kappa shape index (κ1) is 31.2. The number of carbonyl (C=O) groups excluding carboxylic acids is 3. The maximum Gasteiger partial charge on any atom is 0.258 e. The highest BCUT2D eigenvalue weighted by atomic mass is 79.9. The Balaban J connectivity index is 1.70. The predicted octanol–water partition coefficient (Wildman–Crippen LogP) is 4.94. The topological polar surface area (TPSA) is 125 Å². The van der Waals surface area contributed by atoms with Gasteiger partial charge in [0.2, 0.25) is 11.8 Å². The molecule has 4 aromatic carbocycles. The molecule has 5 rings (SSSR count). The van der Waals surface area contributed by atoms with Crippen molar-refractivity contribution in [3.8, 4) is 5.75 Å². The van der Waals surface area contributed by atoms with Crippen LogP contribution < -0.4 is 25.6 Å². The van der Waals surface area contributed by atoms with Gasteiger partial charge in [-0.05, 0) is 79.7 Å². The molecule has 1 aliphatic rings. The number of anilines is 2. The predicted molar refractivity (Wildman–Crippen MR) is 175 cm³/mol. The molecule has 3 atom stereocenters. The lowest BCUT2D eigenvalue weighted by Gasteiger charge is -2.36. The molecular formula is C34H35BrN4O5. The van der Waals surface area contributed by atoms with Gasteiger partial charge < -0.3 is 30.7 Å². The molecule has 0 saturated heterocycles. The fourth-order valence-electron chi connectivity index (χ4n) is 5.76. The van der Waals surface area contributed by atoms with Gasteiger partial charge in [0, 0.05) is 22.1 Å². The van der Waals surface area contributed by atoms with Crippen LogP contribution in [0.1, 0.15) is 41.4 Å². The molecule has 228 valence electrons. The monoisotopic (exact) mass is 658 g/mol. The van der Waals surface area contributed by atoms with Crippen molar-refractivity contribution < 1.29 is 24.2 Å². The first-order chi connectivity index (χ1) is 21.0. The fourth-order valence-corrected chi connectivity index (χ4v) is 6.14. The van der Waals surface area contributed by atoms with Crippen molar-refractivity contribution in [2.24, 2.45) is 11.7 Å². The molecule has 0 radical (unpaired) electrons. The Bertz CT molecular complexity index is 1740. The number of aliphatic hydroxyl groups is 1. The van der Waals surface area contributed by atoms with E-state index in [0.717, 1.165) is 20.8 Å². The lowest BCUT2D eigenvalue weighted by atomic mass is 9.83. The van der Waals surface area contributed by atoms with E-state index in [1.54, 1.807) is 75.4 Å². The van der Waals surface area contributed by atoms with Crippen molar-refractivity contribution in [1.82, 2.24) is 5.32 Å². The van der Waals surface area contributed by atoms with Crippen molar-refractivity contribution in [3.05, 3.63) is 100 Å². The van der Waals surface area contributed by atoms with Gasteiger partial charge in [-0.15, -0.1) is 0 Å². The number of amides is 3. The Morgan fingerprint density at radius 1 is 1.09 bits per heavy atom. The van der Waals surface area contributed by atoms with Gasteiger partial charge in [-0.25, -0.2) is 0 Å². The molecule has 0 aromatic heterocycles. The first-order valence-electron chi connectivity index (χ1n) is 14.2. The molecule has 44 heavy (non-hydrogen) atoms. The van der Waals surface area contributed by atoms with Gasteiger partial charge in [-0.3, -0.25) is 14.4 Å². The number of likely N-dealkylation sites (N-methyl/N-ethyl adjacent to an activating group) is 1. The Labute approximate surface area is 264 Å². The zero-order valence-electron chi connectivity index (χ0n) is 25.0. The molecule has 1 aliphatic heterocycles. The van der Waals surface area contributed by atoms with Crippen LogP contribution in [-0.4, -0.2) is 49.1 Å². The molecule has 3 amide bonds. The quantitative estimate of drug-likeness (QED) is 0.246. The molecule has 4 aromatic rings. The molecule has 0 saturated carbocycles. The number of fused-ring (bicyclic) bond motifs is 2. The second kappa shape index (κ2) is 12.4. The summed E-state index contributed by atoms with van der Waals surface area (Å²) in [4.78, 5) is 45.0. The molecule has 4 N–H and O–H groups in total. The maximum absolute atomic E-state index is 14.7. The van der Waals surface area contributed by atoms with E-state index in [1.165, 1.54) is 4.90 Å². The number of ether oxygens (including phenoxy) is 1. The Morgan fingerprint density at radius 2 is 1.77 bits per heavy atom. The minimum Gasteiger partial charge on any atom is -0.496 e. The third-order valence-corrected chi connectivity index (χ3v) is 9.09. The number of hydrogen-bond donors (Lipinski definition) is 3. The van der Waals surface area contributed by atoms with E-state index >= 15 is 0 Å². The highest BCUT2D eigenvalue weighted by Crippen LogP contribution is 2.40. The second-order valence-corrected chi connectivity index (χ2v) is 12.0. The number of carbonyl (C=O) groups is 3. The number of nitrogens with one attached hydrogen (secondary N) is 1. The van der Waals surface area contributed by atoms with Crippen molar-refractivity contribution in [3.63, 3.8) is 0 Å². The van der Waals surface area contributed by atoms with Crippen LogP contribution in [0.15, 0.2) is 83.3 Å². The summed E-state index contributed by atoms with van der Waals surface area (Å²) < 4.78 is 6.67. The standard InChI is InChI=1S/C34H35BrN4O5/c1-20(40)21-9-11-22(12-10-21)31(41)39-19-27(34(2,37-3)33(36)43)32(42)38(28-7-5-6-8-29(28)39)18-26-25-15-14-24(35)17-23(25)13-16-30(26)44-4/h5-17,20,27,37,40H,18-19H2,1-4H3,(H2,36,43)/t20?,27-,34?/m1/s1. The lowest BCUT2D eigenvalue weighted by molar-refractivity contribution is -0.133. The van der Waals surface area contributed by atoms with Crippen molar-refractivity contribution in [1.29, 1.82) is 0 Å². The van der Waals surface area contributed by atoms with Gasteiger partial charge in [-0.1, -0.05) is 52.3 Å². The summed E-state index contributed by atoms with van der Waals surface area (Å²) in [6.07, 6.45) is -0.687. The highest BCUT2D eigenvalue weighted by molar-refractivity contribution is 9.10. The molecule has 0 spiro atoms. The maximum atomic E-state index is 14.7. The number of halogens is 1. The number of rotatable bonds is 8. The molecule has 0 fully saturated rings. The van der Waals surface area contributed by atoms with Gasteiger partial charge in [0.15, 0.2) is 0 Å². The smallest absolute Gasteiger partial charge is 0.258 e. The summed E-state index contributed by atoms with van der Waals surface area (Å²) >= 11 is 3.54. The molecule has 0 aliphatic carbocycles. The zero-order chi connectivity index (χ0) is 31.8. The number of nitrogens with zero attached hydrogens (tertiary/aromatic N) is 2. The Morgan fingerprint density at radius 3 is 2.39 bits per heavy atom. The molecule has 9 nitrogen and oxygen atoms in total. The van der Waals surface area contributed by atoms with E-state index in [9.17, 15) is 19.5 Å². The molecule has 0 bridgehead atoms. The third kappa shape index (κ3) is 5.56. The number of nitrogens with two attached hydrogens (primary N) is 1. The number of primary amides is 1. The zero-order valence-corrected chi connectivity index (χ0v) is 26.6. The fraction of sp³-hybridized carbons (Fsp3) is 0.265. The van der Waals surface area contributed by atoms with Gasteiger partial charge >= 0.3 is 0 Å². The largest absolute Gasteiger partial charge is 0.496 e. The Hall–Kier alpha value is -4.25. The summed E-state index contributed by atoms with van der Waals surface area (Å²) in [7, 11) is 3.16. The minimum absolute atomic E-state index is 0.108. The van der Waals surface area contributed by atoms with Gasteiger partial charge in [-0.2, -0.15) is 0 Å². The molecular weight excluding hydrogens is 624 g/mol. The van der Waals surface area contributed by atoms with Crippen molar-refractivity contribution >= 4 is 55.8 Å².